The Bertz CT molecular complexity index is 1370. The van der Waals surface area contributed by atoms with Crippen LogP contribution in [-0.2, 0) is 23.7 Å². The molecular formula is C62H117NO13. The number of nitrogens with one attached hydrogen (secondary N) is 1. The molecule has 76 heavy (non-hydrogen) atoms. The largest absolute Gasteiger partial charge is 0.394 e. The summed E-state index contributed by atoms with van der Waals surface area (Å²) in [7, 11) is 0. The van der Waals surface area contributed by atoms with Crippen LogP contribution in [0.15, 0.2) is 24.3 Å². The highest BCUT2D eigenvalue weighted by atomic mass is 16.7. The molecule has 0 aromatic heterocycles. The SMILES string of the molecule is CCCCCCCCCC/C=C\CCCCCCCCCCCCCCCCCCCCCC(=O)NC(COC1OC(CO)C(OC2OC(CO)C(O)C(O)C2O)C(O)C1O)C(O)/C=C/CCCCCCCCCCC. The van der Waals surface area contributed by atoms with Gasteiger partial charge in [-0.3, -0.25) is 4.79 Å². The van der Waals surface area contributed by atoms with Crippen LogP contribution >= 0.6 is 0 Å². The van der Waals surface area contributed by atoms with Crippen molar-refractivity contribution in [2.45, 2.75) is 344 Å². The highest BCUT2D eigenvalue weighted by Crippen LogP contribution is 2.30. The monoisotopic (exact) mass is 1080 g/mol. The van der Waals surface area contributed by atoms with Crippen molar-refractivity contribution < 1.29 is 64.6 Å². The van der Waals surface area contributed by atoms with Gasteiger partial charge in [-0.05, 0) is 44.9 Å². The Morgan fingerprint density at radius 1 is 0.461 bits per heavy atom. The standard InChI is InChI=1S/C62H117NO13/c1-3-5-7-9-11-13-15-16-17-18-19-20-21-22-23-24-25-26-27-28-29-30-31-32-33-34-36-38-40-42-44-46-54(67)63-50(51(66)45-43-41-39-37-35-14-12-10-8-6-4-2)49-73-61-59(72)57(70)60(53(48-65)75-61)76-62-58(71)56(69)55(68)52(47-64)74-62/h18-19,43,45,50-53,55-62,64-66,68-72H,3-17,20-42,44,46-49H2,1-2H3,(H,63,67)/b19-18-,45-43+. The number of unbranched alkanes of at least 4 members (excludes halogenated alkanes) is 36. The maximum absolute atomic E-state index is 13.2. The fourth-order valence-corrected chi connectivity index (χ4v) is 10.5. The number of ether oxygens (including phenoxy) is 4. The second kappa shape index (κ2) is 48.2. The lowest BCUT2D eigenvalue weighted by Crippen LogP contribution is -2.65. The minimum atomic E-state index is -1.79. The van der Waals surface area contributed by atoms with Crippen molar-refractivity contribution in [2.24, 2.45) is 0 Å². The second-order valence-electron chi connectivity index (χ2n) is 22.5. The summed E-state index contributed by atoms with van der Waals surface area (Å²) in [5.41, 5.74) is 0. The Morgan fingerprint density at radius 3 is 1.25 bits per heavy atom. The van der Waals surface area contributed by atoms with E-state index in [2.05, 4.69) is 31.3 Å². The van der Waals surface area contributed by atoms with Crippen LogP contribution in [0.25, 0.3) is 0 Å². The van der Waals surface area contributed by atoms with Gasteiger partial charge in [-0.2, -0.15) is 0 Å². The first-order valence-corrected chi connectivity index (χ1v) is 31.6. The number of allylic oxidation sites excluding steroid dienone is 3. The average Bonchev–Trinajstić information content (AvgIpc) is 3.42. The van der Waals surface area contributed by atoms with Crippen LogP contribution < -0.4 is 5.32 Å². The van der Waals surface area contributed by atoms with Gasteiger partial charge in [0.05, 0.1) is 32.0 Å². The van der Waals surface area contributed by atoms with Crippen molar-refractivity contribution in [3.63, 3.8) is 0 Å². The molecule has 1 amide bonds. The summed E-state index contributed by atoms with van der Waals surface area (Å²) in [6.45, 7) is 2.80. The molecule has 0 saturated carbocycles. The normalized spacial score (nSPS) is 25.0. The van der Waals surface area contributed by atoms with E-state index in [9.17, 15) is 45.6 Å². The van der Waals surface area contributed by atoms with E-state index in [1.807, 2.05) is 6.08 Å². The first-order chi connectivity index (χ1) is 37.1. The molecule has 2 saturated heterocycles. The highest BCUT2D eigenvalue weighted by Gasteiger charge is 2.51. The molecule has 2 heterocycles. The van der Waals surface area contributed by atoms with Crippen molar-refractivity contribution in [1.82, 2.24) is 5.32 Å². The first-order valence-electron chi connectivity index (χ1n) is 31.6. The number of aliphatic hydroxyl groups excluding tert-OH is 8. The third-order valence-electron chi connectivity index (χ3n) is 15.6. The van der Waals surface area contributed by atoms with Gasteiger partial charge in [0.15, 0.2) is 12.6 Å². The van der Waals surface area contributed by atoms with Crippen molar-refractivity contribution in [2.75, 3.05) is 19.8 Å². The van der Waals surface area contributed by atoms with E-state index in [4.69, 9.17) is 18.9 Å². The Kier molecular flexibility index (Phi) is 44.8. The average molecular weight is 1080 g/mol. The lowest BCUT2D eigenvalue weighted by molar-refractivity contribution is -0.359. The molecule has 2 aliphatic rings. The minimum absolute atomic E-state index is 0.236. The lowest BCUT2D eigenvalue weighted by Gasteiger charge is -2.46. The van der Waals surface area contributed by atoms with Crippen LogP contribution in [-0.4, -0.2) is 140 Å². The molecule has 9 N–H and O–H groups in total. The van der Waals surface area contributed by atoms with Crippen LogP contribution in [0.3, 0.4) is 0 Å². The van der Waals surface area contributed by atoms with Gasteiger partial charge in [0.2, 0.25) is 5.91 Å². The smallest absolute Gasteiger partial charge is 0.220 e. The maximum Gasteiger partial charge on any atom is 0.220 e. The van der Waals surface area contributed by atoms with Gasteiger partial charge in [0.1, 0.15) is 48.8 Å². The molecular weight excluding hydrogens is 967 g/mol. The zero-order chi connectivity index (χ0) is 55.3. The molecule has 448 valence electrons. The molecule has 2 aliphatic heterocycles. The molecule has 0 aliphatic carbocycles. The van der Waals surface area contributed by atoms with E-state index in [1.165, 1.54) is 205 Å². The van der Waals surface area contributed by atoms with E-state index in [0.29, 0.717) is 6.42 Å². The summed E-state index contributed by atoms with van der Waals surface area (Å²) >= 11 is 0. The van der Waals surface area contributed by atoms with E-state index in [-0.39, 0.29) is 18.9 Å². The molecule has 0 aromatic rings. The summed E-state index contributed by atoms with van der Waals surface area (Å²) in [4.78, 5) is 13.2. The fraction of sp³-hybridized carbons (Fsp3) is 0.919. The Balaban J connectivity index is 1.62. The number of carbonyl (C=O) groups is 1. The van der Waals surface area contributed by atoms with Crippen LogP contribution in [0.2, 0.25) is 0 Å². The van der Waals surface area contributed by atoms with Crippen molar-refractivity contribution in [1.29, 1.82) is 0 Å². The maximum atomic E-state index is 13.2. The molecule has 0 bridgehead atoms. The number of carbonyl (C=O) groups excluding carboxylic acids is 1. The number of rotatable bonds is 51. The first kappa shape index (κ1) is 70.6. The molecule has 0 radical (unpaired) electrons. The van der Waals surface area contributed by atoms with Gasteiger partial charge >= 0.3 is 0 Å². The number of hydrogen-bond acceptors (Lipinski definition) is 13. The van der Waals surface area contributed by atoms with Gasteiger partial charge in [-0.15, -0.1) is 0 Å². The molecule has 0 aromatic carbocycles. The minimum Gasteiger partial charge on any atom is -0.394 e. The molecule has 14 heteroatoms. The van der Waals surface area contributed by atoms with Crippen LogP contribution in [0, 0.1) is 0 Å². The highest BCUT2D eigenvalue weighted by molar-refractivity contribution is 5.76. The fourth-order valence-electron chi connectivity index (χ4n) is 10.5. The van der Waals surface area contributed by atoms with Crippen LogP contribution in [0.1, 0.15) is 271 Å². The van der Waals surface area contributed by atoms with Gasteiger partial charge in [0.25, 0.3) is 0 Å². The van der Waals surface area contributed by atoms with Crippen LogP contribution in [0.4, 0.5) is 0 Å². The Labute approximate surface area is 462 Å². The molecule has 12 unspecified atom stereocenters. The second-order valence-corrected chi connectivity index (χ2v) is 22.5. The van der Waals surface area contributed by atoms with E-state index >= 15 is 0 Å². The van der Waals surface area contributed by atoms with Crippen molar-refractivity contribution >= 4 is 5.91 Å². The Morgan fingerprint density at radius 2 is 0.829 bits per heavy atom. The van der Waals surface area contributed by atoms with Gasteiger partial charge < -0.3 is 65.1 Å². The third-order valence-corrected chi connectivity index (χ3v) is 15.6. The molecule has 0 spiro atoms. The predicted molar refractivity (Wildman–Crippen MR) is 305 cm³/mol. The van der Waals surface area contributed by atoms with Gasteiger partial charge in [0, 0.05) is 6.42 Å². The zero-order valence-electron chi connectivity index (χ0n) is 48.3. The number of amides is 1. The summed E-state index contributed by atoms with van der Waals surface area (Å²) in [5.74, 6) is -0.236. The topological polar surface area (TPSA) is 228 Å². The molecule has 2 fully saturated rings. The number of hydrogen-bond donors (Lipinski definition) is 9. The van der Waals surface area contributed by atoms with Gasteiger partial charge in [-0.1, -0.05) is 244 Å². The lowest BCUT2D eigenvalue weighted by atomic mass is 9.97. The van der Waals surface area contributed by atoms with E-state index < -0.39 is 86.8 Å². The zero-order valence-corrected chi connectivity index (χ0v) is 48.3. The van der Waals surface area contributed by atoms with Crippen molar-refractivity contribution in [3.8, 4) is 0 Å². The van der Waals surface area contributed by atoms with Crippen molar-refractivity contribution in [3.05, 3.63) is 24.3 Å². The molecule has 12 atom stereocenters. The summed E-state index contributed by atoms with van der Waals surface area (Å²) in [6, 6.07) is -0.910. The summed E-state index contributed by atoms with van der Waals surface area (Å²) in [5, 5.41) is 87.0. The predicted octanol–water partition coefficient (Wildman–Crippen LogP) is 11.2. The molecule has 14 nitrogen and oxygen atoms in total. The Hall–Kier alpha value is -1.53. The quantitative estimate of drug-likeness (QED) is 0.0204. The van der Waals surface area contributed by atoms with E-state index in [1.54, 1.807) is 6.08 Å². The molecule has 2 rings (SSSR count). The third kappa shape index (κ3) is 33.3. The van der Waals surface area contributed by atoms with E-state index in [0.717, 1.165) is 38.5 Å². The number of aliphatic hydroxyl groups is 8. The van der Waals surface area contributed by atoms with Crippen LogP contribution in [0.5, 0.6) is 0 Å². The van der Waals surface area contributed by atoms with Gasteiger partial charge in [-0.25, -0.2) is 0 Å². The summed E-state index contributed by atoms with van der Waals surface area (Å²) in [6.07, 6.45) is 41.1. The summed E-state index contributed by atoms with van der Waals surface area (Å²) < 4.78 is 22.7.